The number of ether oxygens (including phenoxy) is 1. The molecule has 2 aromatic rings. The Kier molecular flexibility index (Phi) is 2.64. The number of rotatable bonds is 2. The molecule has 0 aliphatic carbocycles. The summed E-state index contributed by atoms with van der Waals surface area (Å²) < 4.78 is 47.5. The predicted octanol–water partition coefficient (Wildman–Crippen LogP) is 3.37. The molecule has 1 heterocycles. The van der Waals surface area contributed by atoms with E-state index in [9.17, 15) is 23.3 Å². The van der Waals surface area contributed by atoms with Gasteiger partial charge in [0.1, 0.15) is 11.8 Å². The van der Waals surface area contributed by atoms with Gasteiger partial charge in [0.05, 0.1) is 18.1 Å². The summed E-state index contributed by atoms with van der Waals surface area (Å²) in [5.74, 6) is -0.116. The molecule has 0 N–H and O–H groups in total. The van der Waals surface area contributed by atoms with Crippen molar-refractivity contribution in [3.63, 3.8) is 0 Å². The molecule has 0 saturated carbocycles. The van der Waals surface area contributed by atoms with Crippen molar-refractivity contribution in [3.8, 4) is 5.75 Å². The number of methoxy groups -OCH3 is 1. The van der Waals surface area contributed by atoms with Crippen molar-refractivity contribution >= 4 is 16.7 Å². The van der Waals surface area contributed by atoms with E-state index in [1.54, 1.807) is 0 Å². The van der Waals surface area contributed by atoms with Gasteiger partial charge >= 0.3 is 6.18 Å². The molecule has 96 valence electrons. The van der Waals surface area contributed by atoms with Gasteiger partial charge in [-0.05, 0) is 0 Å². The second-order valence-corrected chi connectivity index (χ2v) is 3.43. The number of alkyl halides is 3. The van der Waals surface area contributed by atoms with E-state index in [-0.39, 0.29) is 11.3 Å². The minimum atomic E-state index is -4.65. The fraction of sp³-hybridized carbons (Fsp3) is 0.200. The van der Waals surface area contributed by atoms with Crippen LogP contribution < -0.4 is 4.74 Å². The SMILES string of the molecule is COc1cc([N+](=O)[O-])cc2c(C(F)(F)F)coc12. The lowest BCUT2D eigenvalue weighted by Crippen LogP contribution is -2.03. The Morgan fingerprint density at radius 1 is 1.39 bits per heavy atom. The van der Waals surface area contributed by atoms with Gasteiger partial charge in [-0.3, -0.25) is 10.1 Å². The largest absolute Gasteiger partial charge is 0.493 e. The number of fused-ring (bicyclic) bond motifs is 1. The van der Waals surface area contributed by atoms with Crippen LogP contribution in [0.15, 0.2) is 22.8 Å². The molecule has 0 fully saturated rings. The molecule has 5 nitrogen and oxygen atoms in total. The van der Waals surface area contributed by atoms with E-state index < -0.39 is 27.7 Å². The molecule has 0 atom stereocenters. The molecule has 0 amide bonds. The van der Waals surface area contributed by atoms with E-state index in [1.165, 1.54) is 7.11 Å². The first-order valence-electron chi connectivity index (χ1n) is 4.65. The van der Waals surface area contributed by atoms with Crippen LogP contribution in [0.2, 0.25) is 0 Å². The maximum absolute atomic E-state index is 12.6. The zero-order chi connectivity index (χ0) is 13.5. The number of nitrogens with zero attached hydrogens (tertiary/aromatic N) is 1. The van der Waals surface area contributed by atoms with Gasteiger partial charge in [0.25, 0.3) is 5.69 Å². The third-order valence-corrected chi connectivity index (χ3v) is 2.36. The highest BCUT2D eigenvalue weighted by Crippen LogP contribution is 2.41. The molecule has 2 rings (SSSR count). The van der Waals surface area contributed by atoms with Crippen molar-refractivity contribution in [1.82, 2.24) is 0 Å². The van der Waals surface area contributed by atoms with E-state index in [2.05, 4.69) is 0 Å². The van der Waals surface area contributed by atoms with Gasteiger partial charge in [-0.15, -0.1) is 0 Å². The van der Waals surface area contributed by atoms with Crippen LogP contribution in [0.1, 0.15) is 5.56 Å². The average Bonchev–Trinajstić information content (AvgIpc) is 2.70. The van der Waals surface area contributed by atoms with Gasteiger partial charge < -0.3 is 9.15 Å². The predicted molar refractivity (Wildman–Crippen MR) is 54.4 cm³/mol. The van der Waals surface area contributed by atoms with Crippen molar-refractivity contribution < 1.29 is 27.2 Å². The number of nitro benzene ring substituents is 1. The lowest BCUT2D eigenvalue weighted by molar-refractivity contribution is -0.384. The Morgan fingerprint density at radius 3 is 2.56 bits per heavy atom. The molecule has 0 bridgehead atoms. The average molecular weight is 261 g/mol. The summed E-state index contributed by atoms with van der Waals surface area (Å²) in [5, 5.41) is 10.2. The van der Waals surface area contributed by atoms with Gasteiger partial charge in [0.15, 0.2) is 11.3 Å². The fourth-order valence-electron chi connectivity index (χ4n) is 1.57. The van der Waals surface area contributed by atoms with Gasteiger partial charge in [-0.25, -0.2) is 0 Å². The van der Waals surface area contributed by atoms with Crippen molar-refractivity contribution in [2.75, 3.05) is 7.11 Å². The molecule has 18 heavy (non-hydrogen) atoms. The highest BCUT2D eigenvalue weighted by atomic mass is 19.4. The lowest BCUT2D eigenvalue weighted by atomic mass is 10.1. The molecular formula is C10H6F3NO4. The number of nitro groups is 1. The zero-order valence-corrected chi connectivity index (χ0v) is 8.95. The topological polar surface area (TPSA) is 65.5 Å². The van der Waals surface area contributed by atoms with Crippen molar-refractivity contribution in [3.05, 3.63) is 34.1 Å². The van der Waals surface area contributed by atoms with Crippen LogP contribution in [0.5, 0.6) is 5.75 Å². The van der Waals surface area contributed by atoms with E-state index in [0.29, 0.717) is 6.26 Å². The van der Waals surface area contributed by atoms with Crippen LogP contribution in [0.3, 0.4) is 0 Å². The normalized spacial score (nSPS) is 11.8. The summed E-state index contributed by atoms with van der Waals surface area (Å²) in [6, 6.07) is 1.82. The second kappa shape index (κ2) is 3.90. The van der Waals surface area contributed by atoms with Crippen LogP contribution in [0.4, 0.5) is 18.9 Å². The molecule has 0 radical (unpaired) electrons. The van der Waals surface area contributed by atoms with Crippen LogP contribution in [0.25, 0.3) is 11.0 Å². The summed E-state index contributed by atoms with van der Waals surface area (Å²) in [6.07, 6.45) is -4.14. The minimum Gasteiger partial charge on any atom is -0.493 e. The van der Waals surface area contributed by atoms with Gasteiger partial charge in [-0.2, -0.15) is 13.2 Å². The van der Waals surface area contributed by atoms with Crippen molar-refractivity contribution in [2.45, 2.75) is 6.18 Å². The van der Waals surface area contributed by atoms with Gasteiger partial charge in [0, 0.05) is 11.5 Å². The number of hydrogen-bond acceptors (Lipinski definition) is 4. The van der Waals surface area contributed by atoms with Crippen LogP contribution in [0, 0.1) is 10.1 Å². The lowest BCUT2D eigenvalue weighted by Gasteiger charge is -2.04. The number of halogens is 3. The van der Waals surface area contributed by atoms with E-state index >= 15 is 0 Å². The Labute approximate surface area is 97.9 Å². The zero-order valence-electron chi connectivity index (χ0n) is 8.95. The summed E-state index contributed by atoms with van der Waals surface area (Å²) in [4.78, 5) is 9.84. The number of furan rings is 1. The minimum absolute atomic E-state index is 0.116. The molecule has 1 aromatic carbocycles. The van der Waals surface area contributed by atoms with E-state index in [4.69, 9.17) is 9.15 Å². The van der Waals surface area contributed by atoms with Crippen molar-refractivity contribution in [1.29, 1.82) is 0 Å². The highest BCUT2D eigenvalue weighted by molar-refractivity contribution is 5.89. The quantitative estimate of drug-likeness (QED) is 0.614. The van der Waals surface area contributed by atoms with E-state index in [1.807, 2.05) is 0 Å². The highest BCUT2D eigenvalue weighted by Gasteiger charge is 2.36. The third kappa shape index (κ3) is 1.85. The Morgan fingerprint density at radius 2 is 2.06 bits per heavy atom. The molecule has 0 saturated heterocycles. The summed E-state index contributed by atoms with van der Waals surface area (Å²) in [6.45, 7) is 0. The van der Waals surface area contributed by atoms with Crippen molar-refractivity contribution in [2.24, 2.45) is 0 Å². The summed E-state index contributed by atoms with van der Waals surface area (Å²) in [5.41, 5.74) is -1.74. The van der Waals surface area contributed by atoms with Crippen LogP contribution >= 0.6 is 0 Å². The first kappa shape index (κ1) is 12.2. The number of benzene rings is 1. The molecule has 8 heteroatoms. The summed E-state index contributed by atoms with van der Waals surface area (Å²) in [7, 11) is 1.19. The molecule has 1 aromatic heterocycles. The first-order chi connectivity index (χ1) is 8.34. The van der Waals surface area contributed by atoms with E-state index in [0.717, 1.165) is 12.1 Å². The second-order valence-electron chi connectivity index (χ2n) is 3.43. The Balaban J connectivity index is 2.80. The molecular weight excluding hydrogens is 255 g/mol. The van der Waals surface area contributed by atoms with Gasteiger partial charge in [0.2, 0.25) is 0 Å². The maximum Gasteiger partial charge on any atom is 0.420 e. The first-order valence-corrected chi connectivity index (χ1v) is 4.65. The Bertz CT molecular complexity index is 617. The monoisotopic (exact) mass is 261 g/mol. The third-order valence-electron chi connectivity index (χ3n) is 2.36. The smallest absolute Gasteiger partial charge is 0.420 e. The molecule has 0 aliphatic heterocycles. The molecule has 0 aliphatic rings. The summed E-state index contributed by atoms with van der Waals surface area (Å²) >= 11 is 0. The number of hydrogen-bond donors (Lipinski definition) is 0. The number of non-ortho nitro benzene ring substituents is 1. The fourth-order valence-corrected chi connectivity index (χ4v) is 1.57. The Hall–Kier alpha value is -2.25. The van der Waals surface area contributed by atoms with Crippen LogP contribution in [-0.2, 0) is 6.18 Å². The maximum atomic E-state index is 12.6. The van der Waals surface area contributed by atoms with Gasteiger partial charge in [-0.1, -0.05) is 0 Å². The standard InChI is InChI=1S/C10H6F3NO4/c1-17-8-3-5(14(15)16)2-6-7(10(11,12)13)4-18-9(6)8/h2-4H,1H3. The molecule has 0 spiro atoms. The van der Waals surface area contributed by atoms with Crippen LogP contribution in [-0.4, -0.2) is 12.0 Å². The molecule has 0 unspecified atom stereocenters.